The van der Waals surface area contributed by atoms with Crippen LogP contribution >= 0.6 is 0 Å². The molecule has 0 unspecified atom stereocenters. The maximum absolute atomic E-state index is 11.9. The molecule has 0 fully saturated rings. The fraction of sp³-hybridized carbons (Fsp3) is 0.368. The minimum Gasteiger partial charge on any atom is -0.496 e. The number of carbonyl (C=O) groups excluding carboxylic acids is 1. The van der Waals surface area contributed by atoms with E-state index in [1.54, 1.807) is 7.11 Å². The van der Waals surface area contributed by atoms with Crippen LogP contribution in [0.25, 0.3) is 0 Å². The van der Waals surface area contributed by atoms with Crippen LogP contribution in [0, 0.1) is 13.8 Å². The molecule has 0 saturated heterocycles. The predicted molar refractivity (Wildman–Crippen MR) is 95.1 cm³/mol. The second kappa shape index (κ2) is 9.03. The first-order valence-corrected chi connectivity index (χ1v) is 8.11. The number of hydrogen-bond acceptors (Lipinski definition) is 4. The predicted octanol–water partition coefficient (Wildman–Crippen LogP) is 2.16. The smallest absolute Gasteiger partial charge is 0.234 e. The highest BCUT2D eigenvalue weighted by atomic mass is 16.5. The second-order valence-corrected chi connectivity index (χ2v) is 5.85. The molecular formula is C19H25N3O2. The molecule has 1 heterocycles. The maximum Gasteiger partial charge on any atom is 0.234 e. The number of pyridine rings is 1. The Labute approximate surface area is 143 Å². The van der Waals surface area contributed by atoms with E-state index < -0.39 is 0 Å². The summed E-state index contributed by atoms with van der Waals surface area (Å²) in [7, 11) is 1.64. The van der Waals surface area contributed by atoms with Crippen LogP contribution in [0.2, 0.25) is 0 Å². The van der Waals surface area contributed by atoms with Gasteiger partial charge in [0.2, 0.25) is 5.91 Å². The van der Waals surface area contributed by atoms with Gasteiger partial charge < -0.3 is 15.4 Å². The summed E-state index contributed by atoms with van der Waals surface area (Å²) in [6.07, 6.45) is 2.66. The number of aromatic nitrogens is 1. The molecule has 128 valence electrons. The molecular weight excluding hydrogens is 302 g/mol. The third kappa shape index (κ3) is 5.66. The quantitative estimate of drug-likeness (QED) is 0.729. The van der Waals surface area contributed by atoms with E-state index in [2.05, 4.69) is 15.6 Å². The summed E-state index contributed by atoms with van der Waals surface area (Å²) in [5.74, 6) is 0.767. The third-order valence-electron chi connectivity index (χ3n) is 3.73. The Morgan fingerprint density at radius 2 is 1.96 bits per heavy atom. The average Bonchev–Trinajstić information content (AvgIpc) is 2.59. The number of aryl methyl sites for hydroxylation is 2. The van der Waals surface area contributed by atoms with E-state index in [-0.39, 0.29) is 5.91 Å². The van der Waals surface area contributed by atoms with E-state index in [4.69, 9.17) is 4.74 Å². The summed E-state index contributed by atoms with van der Waals surface area (Å²) in [5, 5.41) is 6.04. The number of benzene rings is 1. The second-order valence-electron chi connectivity index (χ2n) is 5.85. The first-order chi connectivity index (χ1) is 11.6. The van der Waals surface area contributed by atoms with Crippen LogP contribution in [0.15, 0.2) is 36.5 Å². The zero-order valence-electron chi connectivity index (χ0n) is 14.6. The van der Waals surface area contributed by atoms with Gasteiger partial charge in [0.05, 0.1) is 13.7 Å². The minimum absolute atomic E-state index is 0.0329. The van der Waals surface area contributed by atoms with Gasteiger partial charge in [0, 0.05) is 37.0 Å². The Kier molecular flexibility index (Phi) is 6.75. The number of nitrogens with one attached hydrogen (secondary N) is 2. The van der Waals surface area contributed by atoms with Crippen molar-refractivity contribution >= 4 is 5.91 Å². The van der Waals surface area contributed by atoms with E-state index in [9.17, 15) is 4.79 Å². The topological polar surface area (TPSA) is 63.2 Å². The fourth-order valence-corrected chi connectivity index (χ4v) is 2.32. The molecule has 2 N–H and O–H groups in total. The van der Waals surface area contributed by atoms with Crippen molar-refractivity contribution in [1.82, 2.24) is 15.6 Å². The normalized spacial score (nSPS) is 10.5. The summed E-state index contributed by atoms with van der Waals surface area (Å²) in [5.41, 5.74) is 4.28. The third-order valence-corrected chi connectivity index (χ3v) is 3.73. The fourth-order valence-electron chi connectivity index (χ4n) is 2.32. The van der Waals surface area contributed by atoms with Crippen molar-refractivity contribution in [3.8, 4) is 5.75 Å². The van der Waals surface area contributed by atoms with Gasteiger partial charge in [-0.1, -0.05) is 18.2 Å². The molecule has 5 nitrogen and oxygen atoms in total. The number of nitrogens with zero attached hydrogens (tertiary/aromatic N) is 1. The van der Waals surface area contributed by atoms with Crippen molar-refractivity contribution in [3.63, 3.8) is 0 Å². The molecule has 0 aliphatic carbocycles. The van der Waals surface area contributed by atoms with Gasteiger partial charge in [0.25, 0.3) is 0 Å². The van der Waals surface area contributed by atoms with Gasteiger partial charge in [-0.2, -0.15) is 0 Å². The zero-order valence-corrected chi connectivity index (χ0v) is 14.6. The molecule has 0 aliphatic heterocycles. The van der Waals surface area contributed by atoms with Crippen LogP contribution in [0.3, 0.4) is 0 Å². The number of amides is 1. The molecule has 2 rings (SSSR count). The lowest BCUT2D eigenvalue weighted by molar-refractivity contribution is -0.120. The Hall–Kier alpha value is -2.40. The first-order valence-electron chi connectivity index (χ1n) is 8.11. The molecule has 0 spiro atoms. The van der Waals surface area contributed by atoms with E-state index in [0.29, 0.717) is 13.1 Å². The van der Waals surface area contributed by atoms with Crippen LogP contribution in [0.1, 0.15) is 22.4 Å². The Morgan fingerprint density at radius 3 is 2.67 bits per heavy atom. The largest absolute Gasteiger partial charge is 0.496 e. The molecule has 0 aliphatic rings. The van der Waals surface area contributed by atoms with E-state index in [1.165, 1.54) is 0 Å². The van der Waals surface area contributed by atoms with Gasteiger partial charge in [-0.05, 0) is 37.1 Å². The molecule has 0 saturated carbocycles. The Morgan fingerprint density at radius 1 is 1.17 bits per heavy atom. The van der Waals surface area contributed by atoms with Crippen molar-refractivity contribution in [2.45, 2.75) is 26.8 Å². The summed E-state index contributed by atoms with van der Waals surface area (Å²) < 4.78 is 5.34. The van der Waals surface area contributed by atoms with Crippen molar-refractivity contribution < 1.29 is 9.53 Å². The van der Waals surface area contributed by atoms with Crippen molar-refractivity contribution in [1.29, 1.82) is 0 Å². The zero-order chi connectivity index (χ0) is 17.4. The number of rotatable bonds is 8. The first kappa shape index (κ1) is 17.9. The summed E-state index contributed by atoms with van der Waals surface area (Å²) in [6, 6.07) is 10.0. The number of hydrogen-bond donors (Lipinski definition) is 2. The minimum atomic E-state index is -0.0329. The van der Waals surface area contributed by atoms with E-state index >= 15 is 0 Å². The molecule has 1 amide bonds. The van der Waals surface area contributed by atoms with Crippen LogP contribution in [0.4, 0.5) is 0 Å². The summed E-state index contributed by atoms with van der Waals surface area (Å²) >= 11 is 0. The standard InChI is InChI=1S/C19H25N3O2/c1-14-4-6-16(18(10-14)24-3)12-22-19(23)13-20-9-8-17-7-5-15(2)11-21-17/h4-7,10-11,20H,8-9,12-13H2,1-3H3,(H,22,23). The Bertz CT molecular complexity index is 669. The lowest BCUT2D eigenvalue weighted by Gasteiger charge is -2.11. The molecule has 0 radical (unpaired) electrons. The number of carbonyl (C=O) groups is 1. The average molecular weight is 327 g/mol. The SMILES string of the molecule is COc1cc(C)ccc1CNC(=O)CNCCc1ccc(C)cn1. The summed E-state index contributed by atoms with van der Waals surface area (Å²) in [6.45, 7) is 5.50. The molecule has 2 aromatic rings. The van der Waals surface area contributed by atoms with Gasteiger partial charge in [-0.3, -0.25) is 9.78 Å². The number of methoxy groups -OCH3 is 1. The van der Waals surface area contributed by atoms with Crippen molar-refractivity contribution in [2.75, 3.05) is 20.2 Å². The maximum atomic E-state index is 11.9. The lowest BCUT2D eigenvalue weighted by Crippen LogP contribution is -2.34. The molecule has 24 heavy (non-hydrogen) atoms. The van der Waals surface area contributed by atoms with Crippen LogP contribution in [-0.4, -0.2) is 31.1 Å². The molecule has 1 aromatic heterocycles. The van der Waals surface area contributed by atoms with Crippen molar-refractivity contribution in [3.05, 3.63) is 58.9 Å². The van der Waals surface area contributed by atoms with E-state index in [1.807, 2.05) is 50.4 Å². The van der Waals surface area contributed by atoms with Crippen molar-refractivity contribution in [2.24, 2.45) is 0 Å². The monoisotopic (exact) mass is 327 g/mol. The van der Waals surface area contributed by atoms with Crippen LogP contribution in [-0.2, 0) is 17.8 Å². The van der Waals surface area contributed by atoms with Gasteiger partial charge in [0.1, 0.15) is 5.75 Å². The summed E-state index contributed by atoms with van der Waals surface area (Å²) in [4.78, 5) is 16.3. The molecule has 5 heteroatoms. The Balaban J connectivity index is 1.69. The molecule has 0 bridgehead atoms. The highest BCUT2D eigenvalue weighted by molar-refractivity contribution is 5.78. The molecule has 1 aromatic carbocycles. The van der Waals surface area contributed by atoms with E-state index in [0.717, 1.165) is 41.1 Å². The van der Waals surface area contributed by atoms with Gasteiger partial charge in [-0.15, -0.1) is 0 Å². The highest BCUT2D eigenvalue weighted by Crippen LogP contribution is 2.19. The molecule has 0 atom stereocenters. The van der Waals surface area contributed by atoms with Gasteiger partial charge in [0.15, 0.2) is 0 Å². The highest BCUT2D eigenvalue weighted by Gasteiger charge is 2.06. The van der Waals surface area contributed by atoms with Gasteiger partial charge in [-0.25, -0.2) is 0 Å². The van der Waals surface area contributed by atoms with Crippen LogP contribution < -0.4 is 15.4 Å². The van der Waals surface area contributed by atoms with Gasteiger partial charge >= 0.3 is 0 Å². The number of ether oxygens (including phenoxy) is 1. The van der Waals surface area contributed by atoms with Crippen LogP contribution in [0.5, 0.6) is 5.75 Å². The lowest BCUT2D eigenvalue weighted by atomic mass is 10.1.